The fourth-order valence-corrected chi connectivity index (χ4v) is 2.19. The molecular formula is C14H18FN3O. The predicted octanol–water partition coefficient (Wildman–Crippen LogP) is 2.41. The first-order valence-corrected chi connectivity index (χ1v) is 6.19. The second kappa shape index (κ2) is 5.40. The van der Waals surface area contributed by atoms with Gasteiger partial charge >= 0.3 is 0 Å². The van der Waals surface area contributed by atoms with Crippen LogP contribution in [0.5, 0.6) is 5.75 Å². The molecular weight excluding hydrogens is 245 g/mol. The highest BCUT2D eigenvalue weighted by molar-refractivity contribution is 5.39. The van der Waals surface area contributed by atoms with Gasteiger partial charge in [0.1, 0.15) is 11.5 Å². The Balaban J connectivity index is 2.51. The third kappa shape index (κ3) is 2.46. The van der Waals surface area contributed by atoms with E-state index in [1.54, 1.807) is 24.1 Å². The SMILES string of the molecule is CCn1ncc(OC)c1C(N)c1cc(F)ccc1C. The third-order valence-corrected chi connectivity index (χ3v) is 3.24. The van der Waals surface area contributed by atoms with Crippen LogP contribution in [-0.2, 0) is 6.54 Å². The van der Waals surface area contributed by atoms with Gasteiger partial charge in [0.05, 0.1) is 19.3 Å². The molecule has 1 atom stereocenters. The molecule has 19 heavy (non-hydrogen) atoms. The number of ether oxygens (including phenoxy) is 1. The Bertz CT molecular complexity index is 559. The Labute approximate surface area is 112 Å². The molecule has 0 fully saturated rings. The maximum atomic E-state index is 13.4. The number of hydrogen-bond acceptors (Lipinski definition) is 3. The minimum Gasteiger partial charge on any atom is -0.493 e. The van der Waals surface area contributed by atoms with Gasteiger partial charge in [-0.3, -0.25) is 4.68 Å². The lowest BCUT2D eigenvalue weighted by Gasteiger charge is -2.17. The number of rotatable bonds is 4. The van der Waals surface area contributed by atoms with Crippen molar-refractivity contribution in [1.82, 2.24) is 9.78 Å². The molecule has 0 aliphatic carbocycles. The molecule has 0 radical (unpaired) electrons. The van der Waals surface area contributed by atoms with E-state index in [1.165, 1.54) is 12.1 Å². The smallest absolute Gasteiger partial charge is 0.161 e. The summed E-state index contributed by atoms with van der Waals surface area (Å²) in [5.74, 6) is 0.329. The summed E-state index contributed by atoms with van der Waals surface area (Å²) in [6.45, 7) is 4.57. The first-order chi connectivity index (χ1) is 9.08. The number of methoxy groups -OCH3 is 1. The first kappa shape index (κ1) is 13.5. The van der Waals surface area contributed by atoms with Gasteiger partial charge in [-0.05, 0) is 37.1 Å². The van der Waals surface area contributed by atoms with Crippen molar-refractivity contribution in [3.05, 3.63) is 47.0 Å². The van der Waals surface area contributed by atoms with E-state index in [0.717, 1.165) is 16.8 Å². The van der Waals surface area contributed by atoms with Crippen molar-refractivity contribution in [1.29, 1.82) is 0 Å². The molecule has 1 unspecified atom stereocenters. The summed E-state index contributed by atoms with van der Waals surface area (Å²) in [6, 6.07) is 4.16. The van der Waals surface area contributed by atoms with E-state index < -0.39 is 6.04 Å². The molecule has 0 aliphatic heterocycles. The number of hydrogen-bond donors (Lipinski definition) is 1. The molecule has 5 heteroatoms. The van der Waals surface area contributed by atoms with Gasteiger partial charge in [0.2, 0.25) is 0 Å². The summed E-state index contributed by atoms with van der Waals surface area (Å²) in [5, 5.41) is 4.22. The van der Waals surface area contributed by atoms with E-state index >= 15 is 0 Å². The monoisotopic (exact) mass is 263 g/mol. The van der Waals surface area contributed by atoms with Gasteiger partial charge in [-0.1, -0.05) is 6.07 Å². The molecule has 0 spiro atoms. The maximum absolute atomic E-state index is 13.4. The van der Waals surface area contributed by atoms with Crippen molar-refractivity contribution in [3.63, 3.8) is 0 Å². The van der Waals surface area contributed by atoms with Crippen LogP contribution in [0.1, 0.15) is 29.8 Å². The maximum Gasteiger partial charge on any atom is 0.161 e. The van der Waals surface area contributed by atoms with E-state index in [-0.39, 0.29) is 5.82 Å². The zero-order valence-corrected chi connectivity index (χ0v) is 11.4. The van der Waals surface area contributed by atoms with Gasteiger partial charge in [0.15, 0.2) is 5.75 Å². The molecule has 1 heterocycles. The number of benzene rings is 1. The van der Waals surface area contributed by atoms with E-state index in [9.17, 15) is 4.39 Å². The average Bonchev–Trinajstić information content (AvgIpc) is 2.83. The second-order valence-corrected chi connectivity index (χ2v) is 4.39. The van der Waals surface area contributed by atoms with Gasteiger partial charge in [-0.15, -0.1) is 0 Å². The largest absolute Gasteiger partial charge is 0.493 e. The Morgan fingerprint density at radius 1 is 1.47 bits per heavy atom. The lowest BCUT2D eigenvalue weighted by molar-refractivity contribution is 0.404. The topological polar surface area (TPSA) is 53.1 Å². The van der Waals surface area contributed by atoms with Crippen LogP contribution in [0.3, 0.4) is 0 Å². The molecule has 0 bridgehead atoms. The molecule has 1 aromatic carbocycles. The highest BCUT2D eigenvalue weighted by Crippen LogP contribution is 2.30. The summed E-state index contributed by atoms with van der Waals surface area (Å²) in [6.07, 6.45) is 1.63. The molecule has 102 valence electrons. The average molecular weight is 263 g/mol. The quantitative estimate of drug-likeness (QED) is 0.921. The molecule has 1 aromatic heterocycles. The molecule has 2 rings (SSSR count). The lowest BCUT2D eigenvalue weighted by Crippen LogP contribution is -2.19. The molecule has 0 aliphatic rings. The van der Waals surface area contributed by atoms with Gasteiger partial charge in [-0.25, -0.2) is 4.39 Å². The van der Waals surface area contributed by atoms with Crippen LogP contribution in [0.15, 0.2) is 24.4 Å². The van der Waals surface area contributed by atoms with E-state index in [0.29, 0.717) is 12.3 Å². The first-order valence-electron chi connectivity index (χ1n) is 6.19. The second-order valence-electron chi connectivity index (χ2n) is 4.39. The highest BCUT2D eigenvalue weighted by atomic mass is 19.1. The van der Waals surface area contributed by atoms with Crippen LogP contribution < -0.4 is 10.5 Å². The third-order valence-electron chi connectivity index (χ3n) is 3.24. The van der Waals surface area contributed by atoms with Crippen LogP contribution in [0.4, 0.5) is 4.39 Å². The Morgan fingerprint density at radius 2 is 2.21 bits per heavy atom. The number of nitrogens with zero attached hydrogens (tertiary/aromatic N) is 2. The van der Waals surface area contributed by atoms with Crippen molar-refractivity contribution in [2.45, 2.75) is 26.4 Å². The number of aryl methyl sites for hydroxylation is 2. The summed E-state index contributed by atoms with van der Waals surface area (Å²) < 4.78 is 20.5. The van der Waals surface area contributed by atoms with Crippen molar-refractivity contribution < 1.29 is 9.13 Å². The lowest BCUT2D eigenvalue weighted by atomic mass is 9.99. The van der Waals surface area contributed by atoms with Gasteiger partial charge in [0, 0.05) is 6.54 Å². The van der Waals surface area contributed by atoms with E-state index in [4.69, 9.17) is 10.5 Å². The summed E-state index contributed by atoms with van der Waals surface area (Å²) in [5.41, 5.74) is 8.73. The summed E-state index contributed by atoms with van der Waals surface area (Å²) in [7, 11) is 1.58. The Hall–Kier alpha value is -1.88. The zero-order valence-electron chi connectivity index (χ0n) is 11.4. The zero-order chi connectivity index (χ0) is 14.0. The number of halogens is 1. The van der Waals surface area contributed by atoms with Crippen molar-refractivity contribution in [3.8, 4) is 5.75 Å². The normalized spacial score (nSPS) is 12.5. The fraction of sp³-hybridized carbons (Fsp3) is 0.357. The number of aromatic nitrogens is 2. The van der Waals surface area contributed by atoms with Gasteiger partial charge in [-0.2, -0.15) is 5.10 Å². The van der Waals surface area contributed by atoms with Crippen molar-refractivity contribution in [2.24, 2.45) is 5.73 Å². The Morgan fingerprint density at radius 3 is 2.84 bits per heavy atom. The fourth-order valence-electron chi connectivity index (χ4n) is 2.19. The molecule has 0 amide bonds. The van der Waals surface area contributed by atoms with Crippen LogP contribution in [-0.4, -0.2) is 16.9 Å². The molecule has 0 saturated heterocycles. The number of nitrogens with two attached hydrogens (primary N) is 1. The highest BCUT2D eigenvalue weighted by Gasteiger charge is 2.21. The molecule has 2 aromatic rings. The molecule has 0 saturated carbocycles. The summed E-state index contributed by atoms with van der Waals surface area (Å²) >= 11 is 0. The van der Waals surface area contributed by atoms with Gasteiger partial charge < -0.3 is 10.5 Å². The minimum absolute atomic E-state index is 0.294. The molecule has 2 N–H and O–H groups in total. The summed E-state index contributed by atoms with van der Waals surface area (Å²) in [4.78, 5) is 0. The van der Waals surface area contributed by atoms with Crippen LogP contribution in [0, 0.1) is 12.7 Å². The van der Waals surface area contributed by atoms with Gasteiger partial charge in [0.25, 0.3) is 0 Å². The van der Waals surface area contributed by atoms with Crippen molar-refractivity contribution >= 4 is 0 Å². The predicted molar refractivity (Wildman–Crippen MR) is 71.6 cm³/mol. The standard InChI is InChI=1S/C14H18FN3O/c1-4-18-14(12(19-3)8-17-18)13(16)11-7-10(15)6-5-9(11)2/h5-8,13H,4,16H2,1-3H3. The Kier molecular flexibility index (Phi) is 3.85. The van der Waals surface area contributed by atoms with E-state index in [1.807, 2.05) is 13.8 Å². The van der Waals surface area contributed by atoms with Crippen LogP contribution in [0.2, 0.25) is 0 Å². The molecule has 4 nitrogen and oxygen atoms in total. The van der Waals surface area contributed by atoms with E-state index in [2.05, 4.69) is 5.10 Å². The van der Waals surface area contributed by atoms with Crippen molar-refractivity contribution in [2.75, 3.05) is 7.11 Å². The van der Waals surface area contributed by atoms with Crippen LogP contribution >= 0.6 is 0 Å². The van der Waals surface area contributed by atoms with Crippen LogP contribution in [0.25, 0.3) is 0 Å². The minimum atomic E-state index is -0.465.